The number of hydrogen-bond donors (Lipinski definition) is 3. The molecule has 3 unspecified atom stereocenters. The van der Waals surface area contributed by atoms with Crippen LogP contribution in [0.1, 0.15) is 58.3 Å². The van der Waals surface area contributed by atoms with Gasteiger partial charge in [-0.25, -0.2) is 0 Å². The maximum Gasteiger partial charge on any atom is 0.234 e. The van der Waals surface area contributed by atoms with Crippen molar-refractivity contribution >= 4 is 11.9 Å². The Morgan fingerprint density at radius 3 is 2.62 bits per heavy atom. The summed E-state index contributed by atoms with van der Waals surface area (Å²) < 4.78 is 6.11. The van der Waals surface area contributed by atoms with Gasteiger partial charge in [-0.1, -0.05) is 19.8 Å². The van der Waals surface area contributed by atoms with Gasteiger partial charge in [0.2, 0.25) is 5.91 Å². The van der Waals surface area contributed by atoms with Gasteiger partial charge in [-0.15, -0.1) is 0 Å². The average Bonchev–Trinajstić information content (AvgIpc) is 3.40. The Kier molecular flexibility index (Phi) is 6.64. The molecule has 2 saturated carbocycles. The summed E-state index contributed by atoms with van der Waals surface area (Å²) in [6, 6.07) is 0.928. The molecule has 4 fully saturated rings. The highest BCUT2D eigenvalue weighted by atomic mass is 16.5. The van der Waals surface area contributed by atoms with E-state index in [1.54, 1.807) is 0 Å². The minimum Gasteiger partial charge on any atom is -0.377 e. The van der Waals surface area contributed by atoms with E-state index in [4.69, 9.17) is 4.74 Å². The molecule has 4 aliphatic rings. The van der Waals surface area contributed by atoms with Gasteiger partial charge >= 0.3 is 0 Å². The zero-order valence-electron chi connectivity index (χ0n) is 18.2. The fourth-order valence-electron chi connectivity index (χ4n) is 6.17. The summed E-state index contributed by atoms with van der Waals surface area (Å²) in [5.74, 6) is 1.75. The second-order valence-electron chi connectivity index (χ2n) is 9.42. The predicted molar refractivity (Wildman–Crippen MR) is 115 cm³/mol. The van der Waals surface area contributed by atoms with Crippen molar-refractivity contribution in [2.24, 2.45) is 16.3 Å². The highest BCUT2D eigenvalue weighted by Crippen LogP contribution is 2.60. The molecule has 0 aromatic rings. The van der Waals surface area contributed by atoms with Crippen LogP contribution in [0.25, 0.3) is 0 Å². The zero-order chi connectivity index (χ0) is 20.3. The molecule has 2 aliphatic heterocycles. The molecule has 164 valence electrons. The lowest BCUT2D eigenvalue weighted by molar-refractivity contribution is -0.125. The van der Waals surface area contributed by atoms with Gasteiger partial charge in [0.05, 0.1) is 12.6 Å². The summed E-state index contributed by atoms with van der Waals surface area (Å²) in [6.45, 7) is 6.21. The molecule has 7 heteroatoms. The van der Waals surface area contributed by atoms with E-state index in [9.17, 15) is 4.79 Å². The molecule has 1 spiro atoms. The number of guanidine groups is 1. The summed E-state index contributed by atoms with van der Waals surface area (Å²) in [4.78, 5) is 18.8. The highest BCUT2D eigenvalue weighted by molar-refractivity contribution is 5.80. The van der Waals surface area contributed by atoms with Gasteiger partial charge in [-0.05, 0) is 38.5 Å². The van der Waals surface area contributed by atoms with Crippen molar-refractivity contribution in [3.63, 3.8) is 0 Å². The van der Waals surface area contributed by atoms with E-state index in [0.717, 1.165) is 51.5 Å². The van der Waals surface area contributed by atoms with Crippen molar-refractivity contribution < 1.29 is 9.53 Å². The first kappa shape index (κ1) is 20.9. The van der Waals surface area contributed by atoms with Crippen molar-refractivity contribution in [1.82, 2.24) is 20.9 Å². The van der Waals surface area contributed by atoms with Crippen LogP contribution in [0.3, 0.4) is 0 Å². The van der Waals surface area contributed by atoms with Crippen LogP contribution in [0, 0.1) is 11.3 Å². The summed E-state index contributed by atoms with van der Waals surface area (Å²) in [5.41, 5.74) is 0.341. The molecule has 2 heterocycles. The molecular formula is C22H39N5O2. The van der Waals surface area contributed by atoms with Crippen LogP contribution in [0.5, 0.6) is 0 Å². The Hall–Kier alpha value is -1.34. The number of fused-ring (bicyclic) bond motifs is 2. The normalized spacial score (nSPS) is 32.1. The number of likely N-dealkylation sites (tertiary alicyclic amines) is 1. The molecule has 1 amide bonds. The van der Waals surface area contributed by atoms with Gasteiger partial charge in [-0.3, -0.25) is 14.7 Å². The van der Waals surface area contributed by atoms with Crippen LogP contribution < -0.4 is 16.0 Å². The van der Waals surface area contributed by atoms with Crippen LogP contribution in [0.15, 0.2) is 4.99 Å². The van der Waals surface area contributed by atoms with Gasteiger partial charge in [0.15, 0.2) is 5.96 Å². The third kappa shape index (κ3) is 4.26. The first-order valence-electron chi connectivity index (χ1n) is 11.8. The Morgan fingerprint density at radius 2 is 1.93 bits per heavy atom. The minimum absolute atomic E-state index is 0.149. The molecule has 7 nitrogen and oxygen atoms in total. The monoisotopic (exact) mass is 405 g/mol. The zero-order valence-corrected chi connectivity index (χ0v) is 18.2. The Balaban J connectivity index is 1.25. The first-order chi connectivity index (χ1) is 14.2. The molecule has 0 radical (unpaired) electrons. The third-order valence-corrected chi connectivity index (χ3v) is 7.67. The van der Waals surface area contributed by atoms with Gasteiger partial charge in [0, 0.05) is 56.7 Å². The van der Waals surface area contributed by atoms with Crippen LogP contribution in [0.4, 0.5) is 0 Å². The fourth-order valence-corrected chi connectivity index (χ4v) is 6.17. The van der Waals surface area contributed by atoms with Crippen molar-refractivity contribution in [2.75, 3.05) is 39.8 Å². The summed E-state index contributed by atoms with van der Waals surface area (Å²) in [5, 5.41) is 10.4. The molecule has 2 saturated heterocycles. The number of aliphatic imine (C=N–C) groups is 1. The lowest BCUT2D eigenvalue weighted by Crippen LogP contribution is -2.69. The van der Waals surface area contributed by atoms with Crippen LogP contribution >= 0.6 is 0 Å². The summed E-state index contributed by atoms with van der Waals surface area (Å²) in [6.07, 6.45) is 9.99. The number of nitrogens with one attached hydrogen (secondary N) is 3. The van der Waals surface area contributed by atoms with Gasteiger partial charge in [0.25, 0.3) is 0 Å². The second-order valence-corrected chi connectivity index (χ2v) is 9.42. The van der Waals surface area contributed by atoms with E-state index in [-0.39, 0.29) is 5.91 Å². The van der Waals surface area contributed by atoms with Gasteiger partial charge < -0.3 is 20.7 Å². The SMILES string of the molecule is CCCNC(=O)CN1CCC(NC(=NC)NC2C3CCOC3C23CCCC3)CC1. The van der Waals surface area contributed by atoms with E-state index in [1.165, 1.54) is 32.1 Å². The molecule has 29 heavy (non-hydrogen) atoms. The molecule has 0 bridgehead atoms. The standard InChI is InChI=1S/C22H39N5O2/c1-3-11-24-18(28)15-27-12-6-16(7-13-27)25-21(23-2)26-19-17-8-14-29-20(17)22(19)9-4-5-10-22/h16-17,19-20H,3-15H2,1-2H3,(H,24,28)(H2,23,25,26). The molecule has 0 aromatic carbocycles. The number of amides is 1. The highest BCUT2D eigenvalue weighted by Gasteiger charge is 2.65. The summed E-state index contributed by atoms with van der Waals surface area (Å²) in [7, 11) is 1.88. The quantitative estimate of drug-likeness (QED) is 0.461. The topological polar surface area (TPSA) is 78.0 Å². The average molecular weight is 406 g/mol. The lowest BCUT2D eigenvalue weighted by Gasteiger charge is -2.57. The van der Waals surface area contributed by atoms with E-state index >= 15 is 0 Å². The fraction of sp³-hybridized carbons (Fsp3) is 0.909. The number of ether oxygens (including phenoxy) is 1. The van der Waals surface area contributed by atoms with Crippen LogP contribution in [0.2, 0.25) is 0 Å². The number of rotatable bonds is 6. The number of piperidine rings is 1. The minimum atomic E-state index is 0.149. The van der Waals surface area contributed by atoms with E-state index in [0.29, 0.717) is 36.1 Å². The number of nitrogens with zero attached hydrogens (tertiary/aromatic N) is 2. The molecule has 3 N–H and O–H groups in total. The van der Waals surface area contributed by atoms with E-state index < -0.39 is 0 Å². The third-order valence-electron chi connectivity index (χ3n) is 7.67. The Morgan fingerprint density at radius 1 is 1.17 bits per heavy atom. The molecular weight excluding hydrogens is 366 g/mol. The number of carbonyl (C=O) groups is 1. The molecule has 0 aromatic heterocycles. The molecule has 3 atom stereocenters. The lowest BCUT2D eigenvalue weighted by atomic mass is 9.54. The van der Waals surface area contributed by atoms with E-state index in [1.807, 2.05) is 7.05 Å². The maximum atomic E-state index is 11.9. The summed E-state index contributed by atoms with van der Waals surface area (Å²) >= 11 is 0. The molecule has 4 rings (SSSR count). The van der Waals surface area contributed by atoms with Gasteiger partial charge in [0.1, 0.15) is 0 Å². The van der Waals surface area contributed by atoms with Crippen molar-refractivity contribution in [3.8, 4) is 0 Å². The van der Waals surface area contributed by atoms with Crippen molar-refractivity contribution in [3.05, 3.63) is 0 Å². The number of carbonyl (C=O) groups excluding carboxylic acids is 1. The van der Waals surface area contributed by atoms with Crippen molar-refractivity contribution in [1.29, 1.82) is 0 Å². The van der Waals surface area contributed by atoms with Crippen LogP contribution in [-0.4, -0.2) is 74.8 Å². The van der Waals surface area contributed by atoms with Gasteiger partial charge in [-0.2, -0.15) is 0 Å². The second kappa shape index (κ2) is 9.21. The smallest absolute Gasteiger partial charge is 0.234 e. The molecule has 2 aliphatic carbocycles. The largest absolute Gasteiger partial charge is 0.377 e. The first-order valence-corrected chi connectivity index (χ1v) is 11.8. The maximum absolute atomic E-state index is 11.9. The van der Waals surface area contributed by atoms with Crippen molar-refractivity contribution in [2.45, 2.75) is 76.5 Å². The predicted octanol–water partition coefficient (Wildman–Crippen LogP) is 1.49. The van der Waals surface area contributed by atoms with Crippen LogP contribution in [-0.2, 0) is 9.53 Å². The Bertz CT molecular complexity index is 596. The van der Waals surface area contributed by atoms with E-state index in [2.05, 4.69) is 32.8 Å². The number of hydrogen-bond acceptors (Lipinski definition) is 4. The Labute approximate surface area is 175 Å².